The summed E-state index contributed by atoms with van der Waals surface area (Å²) in [6.45, 7) is 0. The Hall–Kier alpha value is -2.24. The molecule has 0 bridgehead atoms. The van der Waals surface area contributed by atoms with Gasteiger partial charge in [0, 0.05) is 6.04 Å². The number of ether oxygens (including phenoxy) is 2. The van der Waals surface area contributed by atoms with Crippen molar-refractivity contribution >= 4 is 6.01 Å². The van der Waals surface area contributed by atoms with Gasteiger partial charge < -0.3 is 19.3 Å². The average Bonchev–Trinajstić information content (AvgIpc) is 3.03. The molecule has 6 heteroatoms. The molecule has 0 amide bonds. The van der Waals surface area contributed by atoms with Gasteiger partial charge in [0.05, 0.1) is 19.8 Å². The minimum atomic E-state index is 0.425. The summed E-state index contributed by atoms with van der Waals surface area (Å²) in [5.41, 5.74) is 0.752. The monoisotopic (exact) mass is 303 g/mol. The van der Waals surface area contributed by atoms with Gasteiger partial charge in [0.2, 0.25) is 5.82 Å². The van der Waals surface area contributed by atoms with Crippen LogP contribution in [-0.4, -0.2) is 30.4 Å². The Morgan fingerprint density at radius 1 is 1.14 bits per heavy atom. The molecule has 0 spiro atoms. The SMILES string of the molecule is COc1ccc(OC)c(-c2noc(NC3CCCCC3)n2)c1. The van der Waals surface area contributed by atoms with Crippen LogP contribution >= 0.6 is 0 Å². The normalized spacial score (nSPS) is 15.5. The van der Waals surface area contributed by atoms with E-state index < -0.39 is 0 Å². The van der Waals surface area contributed by atoms with Gasteiger partial charge in [-0.3, -0.25) is 0 Å². The molecule has 1 fully saturated rings. The fourth-order valence-corrected chi connectivity index (χ4v) is 2.80. The Morgan fingerprint density at radius 3 is 2.68 bits per heavy atom. The van der Waals surface area contributed by atoms with Gasteiger partial charge in [-0.15, -0.1) is 0 Å². The fraction of sp³-hybridized carbons (Fsp3) is 0.500. The van der Waals surface area contributed by atoms with Crippen LogP contribution in [0.3, 0.4) is 0 Å². The number of anilines is 1. The van der Waals surface area contributed by atoms with Crippen LogP contribution in [0.1, 0.15) is 32.1 Å². The van der Waals surface area contributed by atoms with Gasteiger partial charge in [0.15, 0.2) is 0 Å². The van der Waals surface area contributed by atoms with E-state index in [0.717, 1.165) is 24.2 Å². The smallest absolute Gasteiger partial charge is 0.322 e. The van der Waals surface area contributed by atoms with Crippen molar-refractivity contribution < 1.29 is 14.0 Å². The standard InChI is InChI=1S/C16H21N3O3/c1-20-12-8-9-14(21-2)13(10-12)15-18-16(22-19-15)17-11-6-4-3-5-7-11/h8-11H,3-7H2,1-2H3,(H,17,18,19). The zero-order valence-corrected chi connectivity index (χ0v) is 13.0. The van der Waals surface area contributed by atoms with Gasteiger partial charge in [-0.1, -0.05) is 24.4 Å². The van der Waals surface area contributed by atoms with Crippen molar-refractivity contribution in [1.29, 1.82) is 0 Å². The van der Waals surface area contributed by atoms with E-state index in [0.29, 0.717) is 23.6 Å². The van der Waals surface area contributed by atoms with Crippen molar-refractivity contribution in [2.75, 3.05) is 19.5 Å². The van der Waals surface area contributed by atoms with E-state index in [9.17, 15) is 0 Å². The van der Waals surface area contributed by atoms with Crippen LogP contribution in [-0.2, 0) is 0 Å². The van der Waals surface area contributed by atoms with E-state index in [2.05, 4.69) is 15.5 Å². The molecule has 1 N–H and O–H groups in total. The van der Waals surface area contributed by atoms with Crippen LogP contribution in [0.2, 0.25) is 0 Å². The van der Waals surface area contributed by atoms with Gasteiger partial charge in [-0.05, 0) is 31.0 Å². The predicted molar refractivity (Wildman–Crippen MR) is 83.3 cm³/mol. The van der Waals surface area contributed by atoms with Crippen LogP contribution in [0.25, 0.3) is 11.4 Å². The average molecular weight is 303 g/mol. The molecular formula is C16H21N3O3. The number of benzene rings is 1. The number of aromatic nitrogens is 2. The number of hydrogen-bond acceptors (Lipinski definition) is 6. The van der Waals surface area contributed by atoms with Crippen LogP contribution < -0.4 is 14.8 Å². The highest BCUT2D eigenvalue weighted by Crippen LogP contribution is 2.32. The van der Waals surface area contributed by atoms with Crippen molar-refractivity contribution in [3.05, 3.63) is 18.2 Å². The highest BCUT2D eigenvalue weighted by Gasteiger charge is 2.18. The summed E-state index contributed by atoms with van der Waals surface area (Å²) in [6, 6.07) is 6.40. The summed E-state index contributed by atoms with van der Waals surface area (Å²) in [5.74, 6) is 1.90. The molecule has 118 valence electrons. The van der Waals surface area contributed by atoms with Crippen molar-refractivity contribution in [2.45, 2.75) is 38.1 Å². The summed E-state index contributed by atoms with van der Waals surface area (Å²) in [6.07, 6.45) is 6.12. The summed E-state index contributed by atoms with van der Waals surface area (Å²) in [7, 11) is 3.24. The lowest BCUT2D eigenvalue weighted by Crippen LogP contribution is -2.22. The lowest BCUT2D eigenvalue weighted by atomic mass is 9.96. The second kappa shape index (κ2) is 6.68. The Bertz CT molecular complexity index is 621. The summed E-state index contributed by atoms with van der Waals surface area (Å²) in [4.78, 5) is 4.43. The highest BCUT2D eigenvalue weighted by molar-refractivity contribution is 5.66. The predicted octanol–water partition coefficient (Wildman–Crippen LogP) is 3.50. The van der Waals surface area contributed by atoms with E-state index in [-0.39, 0.29) is 0 Å². The molecule has 2 aromatic rings. The number of rotatable bonds is 5. The van der Waals surface area contributed by atoms with E-state index in [1.54, 1.807) is 14.2 Å². The van der Waals surface area contributed by atoms with Gasteiger partial charge in [-0.25, -0.2) is 0 Å². The number of nitrogens with one attached hydrogen (secondary N) is 1. The lowest BCUT2D eigenvalue weighted by molar-refractivity contribution is 0.400. The molecule has 3 rings (SSSR count). The first-order valence-electron chi connectivity index (χ1n) is 7.63. The van der Waals surface area contributed by atoms with Crippen LogP contribution in [0.15, 0.2) is 22.7 Å². The third kappa shape index (κ3) is 3.16. The van der Waals surface area contributed by atoms with Crippen LogP contribution in [0.5, 0.6) is 11.5 Å². The second-order valence-corrected chi connectivity index (χ2v) is 5.47. The third-order valence-electron chi connectivity index (χ3n) is 4.01. The molecule has 1 aliphatic rings. The van der Waals surface area contributed by atoms with Gasteiger partial charge in [0.25, 0.3) is 0 Å². The van der Waals surface area contributed by atoms with E-state index in [1.807, 2.05) is 18.2 Å². The maximum atomic E-state index is 5.36. The Labute approximate surface area is 129 Å². The number of hydrogen-bond donors (Lipinski definition) is 1. The molecule has 1 aliphatic carbocycles. The van der Waals surface area contributed by atoms with Crippen molar-refractivity contribution in [3.63, 3.8) is 0 Å². The maximum Gasteiger partial charge on any atom is 0.322 e. The van der Waals surface area contributed by atoms with Gasteiger partial charge >= 0.3 is 6.01 Å². The molecule has 1 aromatic carbocycles. The first-order valence-corrected chi connectivity index (χ1v) is 7.63. The molecule has 1 heterocycles. The van der Waals surface area contributed by atoms with Crippen molar-refractivity contribution in [3.8, 4) is 22.9 Å². The van der Waals surface area contributed by atoms with E-state index in [4.69, 9.17) is 14.0 Å². The lowest BCUT2D eigenvalue weighted by Gasteiger charge is -2.21. The molecule has 0 atom stereocenters. The minimum absolute atomic E-state index is 0.425. The van der Waals surface area contributed by atoms with Crippen molar-refractivity contribution in [1.82, 2.24) is 10.1 Å². The van der Waals surface area contributed by atoms with Crippen LogP contribution in [0.4, 0.5) is 6.01 Å². The number of nitrogens with zero attached hydrogens (tertiary/aromatic N) is 2. The molecule has 6 nitrogen and oxygen atoms in total. The molecule has 1 aromatic heterocycles. The maximum absolute atomic E-state index is 5.36. The molecular weight excluding hydrogens is 282 g/mol. The first kappa shape index (κ1) is 14.7. The molecule has 0 unspecified atom stereocenters. The zero-order chi connectivity index (χ0) is 15.4. The molecule has 0 aliphatic heterocycles. The highest BCUT2D eigenvalue weighted by atomic mass is 16.5. The minimum Gasteiger partial charge on any atom is -0.497 e. The molecule has 22 heavy (non-hydrogen) atoms. The Balaban J connectivity index is 1.80. The number of methoxy groups -OCH3 is 2. The third-order valence-corrected chi connectivity index (χ3v) is 4.01. The van der Waals surface area contributed by atoms with E-state index >= 15 is 0 Å². The van der Waals surface area contributed by atoms with Crippen LogP contribution in [0, 0.1) is 0 Å². The van der Waals surface area contributed by atoms with Gasteiger partial charge in [0.1, 0.15) is 11.5 Å². The first-order chi connectivity index (χ1) is 10.8. The topological polar surface area (TPSA) is 69.4 Å². The Morgan fingerprint density at radius 2 is 1.95 bits per heavy atom. The van der Waals surface area contributed by atoms with E-state index in [1.165, 1.54) is 19.3 Å². The molecule has 0 saturated heterocycles. The fourth-order valence-electron chi connectivity index (χ4n) is 2.80. The molecule has 0 radical (unpaired) electrons. The zero-order valence-electron chi connectivity index (χ0n) is 13.0. The summed E-state index contributed by atoms with van der Waals surface area (Å²) in [5, 5.41) is 7.38. The summed E-state index contributed by atoms with van der Waals surface area (Å²) < 4.78 is 15.9. The van der Waals surface area contributed by atoms with Crippen molar-refractivity contribution in [2.24, 2.45) is 0 Å². The second-order valence-electron chi connectivity index (χ2n) is 5.47. The largest absolute Gasteiger partial charge is 0.497 e. The Kier molecular flexibility index (Phi) is 4.46. The van der Waals surface area contributed by atoms with Gasteiger partial charge in [-0.2, -0.15) is 4.98 Å². The quantitative estimate of drug-likeness (QED) is 0.911. The molecule has 1 saturated carbocycles. The summed E-state index contributed by atoms with van der Waals surface area (Å²) >= 11 is 0.